The third-order valence-corrected chi connectivity index (χ3v) is 2.21. The molecule has 0 aromatic rings. The van der Waals surface area contributed by atoms with Crippen LogP contribution < -0.4 is 0 Å². The first-order chi connectivity index (χ1) is 5.12. The molecule has 0 aliphatic heterocycles. The van der Waals surface area contributed by atoms with Crippen LogP contribution in [0.2, 0.25) is 0 Å². The van der Waals surface area contributed by atoms with Gasteiger partial charge < -0.3 is 0 Å². The minimum Gasteiger partial charge on any atom is -0.270 e. The Kier molecular flexibility index (Phi) is 5.15. The molecular weight excluding hydrogens is 164 g/mol. The van der Waals surface area contributed by atoms with Gasteiger partial charge in [0.25, 0.3) is 10.1 Å². The average molecular weight is 178 g/mol. The molecule has 0 N–H and O–H groups in total. The Morgan fingerprint density at radius 3 is 2.55 bits per heavy atom. The molecule has 0 aliphatic rings. The van der Waals surface area contributed by atoms with E-state index >= 15 is 0 Å². The topological polar surface area (TPSA) is 43.4 Å². The molecule has 0 unspecified atom stereocenters. The molecule has 0 atom stereocenters. The predicted molar refractivity (Wildman–Crippen MR) is 44.6 cm³/mol. The fourth-order valence-corrected chi connectivity index (χ4v) is 1.05. The summed E-state index contributed by atoms with van der Waals surface area (Å²) in [5.41, 5.74) is 0. The van der Waals surface area contributed by atoms with Crippen molar-refractivity contribution < 1.29 is 12.6 Å². The van der Waals surface area contributed by atoms with E-state index in [0.717, 1.165) is 31.8 Å². The second kappa shape index (κ2) is 5.32. The van der Waals surface area contributed by atoms with Crippen LogP contribution in [0.1, 0.15) is 26.2 Å². The lowest BCUT2D eigenvalue weighted by Gasteiger charge is -1.91. The Morgan fingerprint density at radius 1 is 1.45 bits per heavy atom. The SMILES string of the molecule is CCCCC=CS(=O)(=O)OC. The number of allylic oxidation sites excluding steroid dienone is 1. The first-order valence-corrected chi connectivity index (χ1v) is 5.06. The number of hydrogen-bond donors (Lipinski definition) is 0. The molecule has 0 aliphatic carbocycles. The number of unbranched alkanes of at least 4 members (excludes halogenated alkanes) is 2. The Hall–Kier alpha value is -0.350. The zero-order valence-corrected chi connectivity index (χ0v) is 7.73. The maximum Gasteiger partial charge on any atom is 0.289 e. The van der Waals surface area contributed by atoms with Gasteiger partial charge in [0.1, 0.15) is 0 Å². The maximum atomic E-state index is 10.7. The van der Waals surface area contributed by atoms with Gasteiger partial charge in [-0.05, 0) is 6.42 Å². The fraction of sp³-hybridized carbons (Fsp3) is 0.714. The molecule has 0 saturated carbocycles. The normalized spacial score (nSPS) is 12.5. The molecule has 0 rings (SSSR count). The monoisotopic (exact) mass is 178 g/mol. The van der Waals surface area contributed by atoms with Gasteiger partial charge in [-0.15, -0.1) is 0 Å². The Labute approximate surface area is 68.2 Å². The van der Waals surface area contributed by atoms with Crippen molar-refractivity contribution >= 4 is 10.1 Å². The highest BCUT2D eigenvalue weighted by atomic mass is 32.2. The smallest absolute Gasteiger partial charge is 0.270 e. The van der Waals surface area contributed by atoms with E-state index in [9.17, 15) is 8.42 Å². The standard InChI is InChI=1S/C7H14O3S/c1-3-4-5-6-7-11(8,9)10-2/h6-7H,3-5H2,1-2H3. The summed E-state index contributed by atoms with van der Waals surface area (Å²) in [6.45, 7) is 2.05. The van der Waals surface area contributed by atoms with Crippen LogP contribution >= 0.6 is 0 Å². The molecule has 3 nitrogen and oxygen atoms in total. The van der Waals surface area contributed by atoms with E-state index in [2.05, 4.69) is 11.1 Å². The van der Waals surface area contributed by atoms with Gasteiger partial charge in [0.15, 0.2) is 0 Å². The molecule has 0 aromatic carbocycles. The van der Waals surface area contributed by atoms with Crippen molar-refractivity contribution in [2.45, 2.75) is 26.2 Å². The summed E-state index contributed by atoms with van der Waals surface area (Å²) in [6.07, 6.45) is 4.48. The number of rotatable bonds is 5. The van der Waals surface area contributed by atoms with Crippen molar-refractivity contribution in [2.75, 3.05) is 7.11 Å². The van der Waals surface area contributed by atoms with Crippen LogP contribution in [-0.2, 0) is 14.3 Å². The minimum atomic E-state index is -3.38. The van der Waals surface area contributed by atoms with Crippen LogP contribution in [0.5, 0.6) is 0 Å². The highest BCUT2D eigenvalue weighted by molar-refractivity contribution is 7.89. The van der Waals surface area contributed by atoms with E-state index in [0.29, 0.717) is 0 Å². The lowest BCUT2D eigenvalue weighted by molar-refractivity contribution is 0.406. The molecule has 0 saturated heterocycles. The van der Waals surface area contributed by atoms with Gasteiger partial charge in [-0.2, -0.15) is 8.42 Å². The fourth-order valence-electron chi connectivity index (χ4n) is 0.563. The zero-order chi connectivity index (χ0) is 8.74. The van der Waals surface area contributed by atoms with Crippen molar-refractivity contribution in [1.29, 1.82) is 0 Å². The second-order valence-electron chi connectivity index (χ2n) is 2.17. The van der Waals surface area contributed by atoms with Crippen LogP contribution in [-0.4, -0.2) is 15.5 Å². The molecule has 0 bridgehead atoms. The molecule has 0 spiro atoms. The predicted octanol–water partition coefficient (Wildman–Crippen LogP) is 1.67. The van der Waals surface area contributed by atoms with Gasteiger partial charge in [0, 0.05) is 0 Å². The summed E-state index contributed by atoms with van der Waals surface area (Å²) in [5.74, 6) is 0. The van der Waals surface area contributed by atoms with E-state index in [1.165, 1.54) is 0 Å². The van der Waals surface area contributed by atoms with Crippen LogP contribution in [0.3, 0.4) is 0 Å². The Bertz CT molecular complexity index is 204. The van der Waals surface area contributed by atoms with Crippen molar-refractivity contribution in [3.8, 4) is 0 Å². The molecule has 0 heterocycles. The molecule has 0 radical (unpaired) electrons. The van der Waals surface area contributed by atoms with Crippen molar-refractivity contribution in [2.24, 2.45) is 0 Å². The maximum absolute atomic E-state index is 10.7. The van der Waals surface area contributed by atoms with Gasteiger partial charge >= 0.3 is 0 Å². The van der Waals surface area contributed by atoms with Gasteiger partial charge in [0.05, 0.1) is 12.5 Å². The molecule has 11 heavy (non-hydrogen) atoms. The van der Waals surface area contributed by atoms with E-state index in [4.69, 9.17) is 0 Å². The van der Waals surface area contributed by atoms with Gasteiger partial charge in [-0.1, -0.05) is 25.8 Å². The van der Waals surface area contributed by atoms with Crippen LogP contribution in [0, 0.1) is 0 Å². The average Bonchev–Trinajstić information content (AvgIpc) is 1.99. The number of hydrogen-bond acceptors (Lipinski definition) is 3. The van der Waals surface area contributed by atoms with Crippen molar-refractivity contribution in [3.05, 3.63) is 11.5 Å². The molecule has 0 amide bonds. The third-order valence-electron chi connectivity index (χ3n) is 1.22. The largest absolute Gasteiger partial charge is 0.289 e. The Balaban J connectivity index is 3.74. The molecule has 0 aromatic heterocycles. The van der Waals surface area contributed by atoms with E-state index < -0.39 is 10.1 Å². The second-order valence-corrected chi connectivity index (χ2v) is 3.76. The summed E-state index contributed by atoms with van der Waals surface area (Å²) >= 11 is 0. The van der Waals surface area contributed by atoms with E-state index in [1.54, 1.807) is 6.08 Å². The van der Waals surface area contributed by atoms with E-state index in [1.807, 2.05) is 0 Å². The Morgan fingerprint density at radius 2 is 2.09 bits per heavy atom. The van der Waals surface area contributed by atoms with Crippen LogP contribution in [0.15, 0.2) is 11.5 Å². The van der Waals surface area contributed by atoms with Crippen molar-refractivity contribution in [1.82, 2.24) is 0 Å². The highest BCUT2D eigenvalue weighted by Crippen LogP contribution is 1.98. The summed E-state index contributed by atoms with van der Waals surface area (Å²) in [4.78, 5) is 0. The van der Waals surface area contributed by atoms with E-state index in [-0.39, 0.29) is 0 Å². The summed E-state index contributed by atoms with van der Waals surface area (Å²) in [7, 11) is -2.23. The minimum absolute atomic E-state index is 0.791. The molecule has 4 heteroatoms. The summed E-state index contributed by atoms with van der Waals surface area (Å²) in [6, 6.07) is 0. The highest BCUT2D eigenvalue weighted by Gasteiger charge is 1.98. The first kappa shape index (κ1) is 10.7. The van der Waals surface area contributed by atoms with Gasteiger partial charge in [-0.3, -0.25) is 4.18 Å². The molecular formula is C7H14O3S. The third kappa shape index (κ3) is 6.06. The van der Waals surface area contributed by atoms with Crippen LogP contribution in [0.25, 0.3) is 0 Å². The quantitative estimate of drug-likeness (QED) is 0.475. The van der Waals surface area contributed by atoms with Gasteiger partial charge in [-0.25, -0.2) is 0 Å². The van der Waals surface area contributed by atoms with Gasteiger partial charge in [0.2, 0.25) is 0 Å². The zero-order valence-electron chi connectivity index (χ0n) is 6.91. The molecule has 0 fully saturated rings. The summed E-state index contributed by atoms with van der Waals surface area (Å²) in [5, 5.41) is 1.10. The molecule has 66 valence electrons. The summed E-state index contributed by atoms with van der Waals surface area (Å²) < 4.78 is 25.5. The lowest BCUT2D eigenvalue weighted by atomic mass is 10.2. The van der Waals surface area contributed by atoms with Crippen LogP contribution in [0.4, 0.5) is 0 Å². The lowest BCUT2D eigenvalue weighted by Crippen LogP contribution is -1.95. The van der Waals surface area contributed by atoms with Crippen molar-refractivity contribution in [3.63, 3.8) is 0 Å². The first-order valence-electron chi connectivity index (χ1n) is 3.59.